The number of thioether (sulfide) groups is 1. The number of methoxy groups -OCH3 is 1. The molecule has 0 aliphatic carbocycles. The Hall–Kier alpha value is -0.220. The van der Waals surface area contributed by atoms with Crippen molar-refractivity contribution in [2.24, 2.45) is 0 Å². The normalized spacial score (nSPS) is 29.8. The molecule has 3 nitrogen and oxygen atoms in total. The molecule has 12 heavy (non-hydrogen) atoms. The van der Waals surface area contributed by atoms with Gasteiger partial charge in [0, 0.05) is 18.1 Å². The highest BCUT2D eigenvalue weighted by Gasteiger charge is 2.38. The molecule has 0 aromatic carbocycles. The SMILES string of the molecule is CCC1(C(=O)OC)CSCCN1. The lowest BCUT2D eigenvalue weighted by molar-refractivity contribution is -0.147. The predicted octanol–water partition coefficient (Wildman–Crippen LogP) is 0.645. The lowest BCUT2D eigenvalue weighted by atomic mass is 9.99. The molecule has 0 amide bonds. The molecule has 1 unspecified atom stereocenters. The molecular weight excluding hydrogens is 174 g/mol. The fourth-order valence-corrected chi connectivity index (χ4v) is 2.52. The van der Waals surface area contributed by atoms with Gasteiger partial charge in [0.25, 0.3) is 0 Å². The third kappa shape index (κ3) is 1.75. The van der Waals surface area contributed by atoms with E-state index in [1.165, 1.54) is 7.11 Å². The molecular formula is C8H15NO2S. The summed E-state index contributed by atoms with van der Waals surface area (Å²) < 4.78 is 4.77. The van der Waals surface area contributed by atoms with Crippen LogP contribution in [0.5, 0.6) is 0 Å². The van der Waals surface area contributed by atoms with E-state index in [1.807, 2.05) is 6.92 Å². The summed E-state index contributed by atoms with van der Waals surface area (Å²) in [4.78, 5) is 11.4. The molecule has 4 heteroatoms. The zero-order valence-electron chi connectivity index (χ0n) is 7.55. The van der Waals surface area contributed by atoms with E-state index in [-0.39, 0.29) is 5.97 Å². The zero-order chi connectivity index (χ0) is 9.03. The van der Waals surface area contributed by atoms with Gasteiger partial charge in [-0.05, 0) is 6.42 Å². The fourth-order valence-electron chi connectivity index (χ4n) is 1.36. The zero-order valence-corrected chi connectivity index (χ0v) is 8.37. The first-order chi connectivity index (χ1) is 5.75. The standard InChI is InChI=1S/C8H15NO2S/c1-3-8(7(10)11-2)6-12-5-4-9-8/h9H,3-6H2,1-2H3. The van der Waals surface area contributed by atoms with E-state index in [0.717, 1.165) is 24.5 Å². The quantitative estimate of drug-likeness (QED) is 0.647. The van der Waals surface area contributed by atoms with Crippen molar-refractivity contribution >= 4 is 17.7 Å². The molecule has 0 bridgehead atoms. The van der Waals surface area contributed by atoms with Crippen molar-refractivity contribution in [3.05, 3.63) is 0 Å². The maximum atomic E-state index is 11.4. The molecule has 70 valence electrons. The second-order valence-electron chi connectivity index (χ2n) is 2.91. The number of esters is 1. The number of ether oxygens (including phenoxy) is 1. The maximum Gasteiger partial charge on any atom is 0.326 e. The highest BCUT2D eigenvalue weighted by atomic mass is 32.2. The summed E-state index contributed by atoms with van der Waals surface area (Å²) in [6.45, 7) is 2.91. The maximum absolute atomic E-state index is 11.4. The van der Waals surface area contributed by atoms with Crippen LogP contribution in [0, 0.1) is 0 Å². The van der Waals surface area contributed by atoms with Gasteiger partial charge in [0.2, 0.25) is 0 Å². The number of carbonyl (C=O) groups excluding carboxylic acids is 1. The van der Waals surface area contributed by atoms with Crippen molar-refractivity contribution < 1.29 is 9.53 Å². The number of hydrogen-bond donors (Lipinski definition) is 1. The van der Waals surface area contributed by atoms with E-state index in [2.05, 4.69) is 5.32 Å². The molecule has 1 N–H and O–H groups in total. The molecule has 1 rings (SSSR count). The molecule has 0 radical (unpaired) electrons. The Labute approximate surface area is 77.2 Å². The minimum atomic E-state index is -0.419. The van der Waals surface area contributed by atoms with Crippen LogP contribution in [0.25, 0.3) is 0 Å². The van der Waals surface area contributed by atoms with Crippen LogP contribution in [0.1, 0.15) is 13.3 Å². The molecule has 1 atom stereocenters. The van der Waals surface area contributed by atoms with Gasteiger partial charge >= 0.3 is 5.97 Å². The summed E-state index contributed by atoms with van der Waals surface area (Å²) in [6, 6.07) is 0. The average molecular weight is 189 g/mol. The highest BCUT2D eigenvalue weighted by Crippen LogP contribution is 2.22. The van der Waals surface area contributed by atoms with Gasteiger partial charge in [-0.25, -0.2) is 0 Å². The lowest BCUT2D eigenvalue weighted by Crippen LogP contribution is -2.57. The van der Waals surface area contributed by atoms with Crippen LogP contribution in [0.15, 0.2) is 0 Å². The van der Waals surface area contributed by atoms with Gasteiger partial charge in [-0.3, -0.25) is 4.79 Å². The van der Waals surface area contributed by atoms with E-state index >= 15 is 0 Å². The summed E-state index contributed by atoms with van der Waals surface area (Å²) >= 11 is 1.81. The number of nitrogens with one attached hydrogen (secondary N) is 1. The Morgan fingerprint density at radius 2 is 2.50 bits per heavy atom. The van der Waals surface area contributed by atoms with E-state index in [4.69, 9.17) is 4.74 Å². The molecule has 1 heterocycles. The minimum absolute atomic E-state index is 0.128. The van der Waals surface area contributed by atoms with Crippen molar-refractivity contribution in [3.8, 4) is 0 Å². The smallest absolute Gasteiger partial charge is 0.326 e. The summed E-state index contributed by atoms with van der Waals surface area (Å²) in [7, 11) is 1.45. The first-order valence-corrected chi connectivity index (χ1v) is 5.32. The Bertz CT molecular complexity index is 166. The molecule has 0 spiro atoms. The predicted molar refractivity (Wildman–Crippen MR) is 50.4 cm³/mol. The molecule has 0 aromatic heterocycles. The first kappa shape index (κ1) is 9.86. The lowest BCUT2D eigenvalue weighted by Gasteiger charge is -2.34. The summed E-state index contributed by atoms with van der Waals surface area (Å²) in [5, 5.41) is 3.24. The highest BCUT2D eigenvalue weighted by molar-refractivity contribution is 7.99. The van der Waals surface area contributed by atoms with Crippen LogP contribution in [0.2, 0.25) is 0 Å². The topological polar surface area (TPSA) is 38.3 Å². The Kier molecular flexibility index (Phi) is 3.40. The van der Waals surface area contributed by atoms with Gasteiger partial charge < -0.3 is 10.1 Å². The van der Waals surface area contributed by atoms with Crippen LogP contribution in [-0.4, -0.2) is 36.7 Å². The Morgan fingerprint density at radius 3 is 2.92 bits per heavy atom. The number of rotatable bonds is 2. The molecule has 0 aromatic rings. The van der Waals surface area contributed by atoms with E-state index in [9.17, 15) is 4.79 Å². The summed E-state index contributed by atoms with van der Waals surface area (Å²) in [5.74, 6) is 1.78. The van der Waals surface area contributed by atoms with Crippen LogP contribution < -0.4 is 5.32 Å². The van der Waals surface area contributed by atoms with Crippen molar-refractivity contribution in [2.45, 2.75) is 18.9 Å². The van der Waals surface area contributed by atoms with Crippen LogP contribution in [0.3, 0.4) is 0 Å². The first-order valence-electron chi connectivity index (χ1n) is 4.16. The van der Waals surface area contributed by atoms with Gasteiger partial charge in [0.15, 0.2) is 0 Å². The average Bonchev–Trinajstić information content (AvgIpc) is 2.17. The molecule has 1 aliphatic rings. The van der Waals surface area contributed by atoms with Crippen LogP contribution in [0.4, 0.5) is 0 Å². The van der Waals surface area contributed by atoms with E-state index < -0.39 is 5.54 Å². The van der Waals surface area contributed by atoms with Crippen LogP contribution in [-0.2, 0) is 9.53 Å². The largest absolute Gasteiger partial charge is 0.468 e. The van der Waals surface area contributed by atoms with Crippen LogP contribution >= 0.6 is 11.8 Å². The van der Waals surface area contributed by atoms with Crippen molar-refractivity contribution in [3.63, 3.8) is 0 Å². The van der Waals surface area contributed by atoms with Gasteiger partial charge in [-0.2, -0.15) is 11.8 Å². The van der Waals surface area contributed by atoms with Gasteiger partial charge in [-0.15, -0.1) is 0 Å². The second kappa shape index (κ2) is 4.14. The fraction of sp³-hybridized carbons (Fsp3) is 0.875. The minimum Gasteiger partial charge on any atom is -0.468 e. The third-order valence-corrected chi connectivity index (χ3v) is 3.43. The Balaban J connectivity index is 2.66. The van der Waals surface area contributed by atoms with Gasteiger partial charge in [0.05, 0.1) is 7.11 Å². The number of hydrogen-bond acceptors (Lipinski definition) is 4. The van der Waals surface area contributed by atoms with Crippen molar-refractivity contribution in [1.82, 2.24) is 5.32 Å². The van der Waals surface area contributed by atoms with E-state index in [0.29, 0.717) is 0 Å². The second-order valence-corrected chi connectivity index (χ2v) is 4.01. The monoisotopic (exact) mass is 189 g/mol. The summed E-state index contributed by atoms with van der Waals surface area (Å²) in [5.41, 5.74) is -0.419. The molecule has 1 fully saturated rings. The molecule has 0 saturated carbocycles. The van der Waals surface area contributed by atoms with Gasteiger partial charge in [0.1, 0.15) is 5.54 Å². The third-order valence-electron chi connectivity index (χ3n) is 2.24. The Morgan fingerprint density at radius 1 is 1.75 bits per heavy atom. The van der Waals surface area contributed by atoms with Crippen molar-refractivity contribution in [1.29, 1.82) is 0 Å². The summed E-state index contributed by atoms with van der Waals surface area (Å²) in [6.07, 6.45) is 0.798. The van der Waals surface area contributed by atoms with E-state index in [1.54, 1.807) is 11.8 Å². The van der Waals surface area contributed by atoms with Gasteiger partial charge in [-0.1, -0.05) is 6.92 Å². The molecule has 1 aliphatic heterocycles. The molecule has 1 saturated heterocycles. The number of carbonyl (C=O) groups is 1. The van der Waals surface area contributed by atoms with Crippen molar-refractivity contribution in [2.75, 3.05) is 25.2 Å².